The first-order valence-corrected chi connectivity index (χ1v) is 9.42. The molecule has 6 heteroatoms. The molecule has 5 nitrogen and oxygen atoms in total. The zero-order chi connectivity index (χ0) is 17.8. The molecule has 0 N–H and O–H groups in total. The first kappa shape index (κ1) is 18.7. The lowest BCUT2D eigenvalue weighted by Crippen LogP contribution is -2.25. The van der Waals surface area contributed by atoms with Crippen LogP contribution in [0, 0.1) is 12.3 Å². The Morgan fingerprint density at radius 2 is 1.96 bits per heavy atom. The molecular weight excluding hydrogens is 326 g/mol. The maximum atomic E-state index is 12.0. The first-order chi connectivity index (χ1) is 11.2. The molecule has 0 amide bonds. The smallest absolute Gasteiger partial charge is 0.296 e. The largest absolute Gasteiger partial charge is 0.476 e. The van der Waals surface area contributed by atoms with E-state index in [4.69, 9.17) is 8.92 Å². The second-order valence-electron chi connectivity index (χ2n) is 6.94. The van der Waals surface area contributed by atoms with Gasteiger partial charge in [0.05, 0.1) is 17.5 Å². The van der Waals surface area contributed by atoms with Gasteiger partial charge < -0.3 is 4.74 Å². The number of hydrogen-bond donors (Lipinski definition) is 0. The number of aryl methyl sites for hydroxylation is 1. The summed E-state index contributed by atoms with van der Waals surface area (Å²) in [6, 6.07) is 6.74. The SMILES string of the molecule is Cc1ccc(S(=O)(=O)OCC/C=C/C2=N[C@@H](C(C)(C)C)CO2)cc1. The summed E-state index contributed by atoms with van der Waals surface area (Å²) in [5.41, 5.74) is 1.07. The summed E-state index contributed by atoms with van der Waals surface area (Å²) in [6.45, 7) is 8.95. The van der Waals surface area contributed by atoms with E-state index in [0.717, 1.165) is 5.56 Å². The van der Waals surface area contributed by atoms with Crippen LogP contribution in [0.15, 0.2) is 46.3 Å². The molecule has 1 aliphatic heterocycles. The minimum Gasteiger partial charge on any atom is -0.476 e. The Morgan fingerprint density at radius 1 is 1.29 bits per heavy atom. The number of hydrogen-bond acceptors (Lipinski definition) is 5. The van der Waals surface area contributed by atoms with Crippen LogP contribution in [0.25, 0.3) is 0 Å². The second kappa shape index (κ2) is 7.49. The fourth-order valence-electron chi connectivity index (χ4n) is 2.11. The maximum absolute atomic E-state index is 12.0. The lowest BCUT2D eigenvalue weighted by Gasteiger charge is -2.21. The van der Waals surface area contributed by atoms with E-state index in [-0.39, 0.29) is 23.0 Å². The Balaban J connectivity index is 1.81. The Labute approximate surface area is 144 Å². The van der Waals surface area contributed by atoms with E-state index in [1.165, 1.54) is 0 Å². The second-order valence-corrected chi connectivity index (χ2v) is 8.56. The van der Waals surface area contributed by atoms with Crippen LogP contribution in [0.2, 0.25) is 0 Å². The molecule has 0 saturated carbocycles. The molecule has 132 valence electrons. The number of aliphatic imine (C=N–C) groups is 1. The minimum absolute atomic E-state index is 0.0703. The van der Waals surface area contributed by atoms with Crippen molar-refractivity contribution in [3.05, 3.63) is 42.0 Å². The van der Waals surface area contributed by atoms with Crippen LogP contribution in [0.5, 0.6) is 0 Å². The van der Waals surface area contributed by atoms with E-state index >= 15 is 0 Å². The van der Waals surface area contributed by atoms with Crippen molar-refractivity contribution in [3.8, 4) is 0 Å². The molecule has 0 unspecified atom stereocenters. The number of nitrogens with zero attached hydrogens (tertiary/aromatic N) is 1. The molecule has 2 rings (SSSR count). The minimum atomic E-state index is -3.70. The highest BCUT2D eigenvalue weighted by molar-refractivity contribution is 7.86. The van der Waals surface area contributed by atoms with Gasteiger partial charge in [-0.15, -0.1) is 0 Å². The summed E-state index contributed by atoms with van der Waals surface area (Å²) >= 11 is 0. The zero-order valence-corrected chi connectivity index (χ0v) is 15.5. The van der Waals surface area contributed by atoms with Crippen LogP contribution in [-0.4, -0.2) is 33.6 Å². The van der Waals surface area contributed by atoms with Crippen LogP contribution < -0.4 is 0 Å². The van der Waals surface area contributed by atoms with Crippen molar-refractivity contribution >= 4 is 16.0 Å². The third-order valence-electron chi connectivity index (χ3n) is 3.76. The monoisotopic (exact) mass is 351 g/mol. The van der Waals surface area contributed by atoms with E-state index in [9.17, 15) is 8.42 Å². The summed E-state index contributed by atoms with van der Waals surface area (Å²) in [4.78, 5) is 4.68. The van der Waals surface area contributed by atoms with Gasteiger partial charge in [-0.25, -0.2) is 4.99 Å². The quantitative estimate of drug-likeness (QED) is 0.581. The van der Waals surface area contributed by atoms with Crippen LogP contribution in [-0.2, 0) is 19.0 Å². The van der Waals surface area contributed by atoms with Gasteiger partial charge >= 0.3 is 0 Å². The molecule has 0 bridgehead atoms. The third kappa shape index (κ3) is 5.18. The summed E-state index contributed by atoms with van der Waals surface area (Å²) in [7, 11) is -3.70. The summed E-state index contributed by atoms with van der Waals surface area (Å²) in [5.74, 6) is 0.594. The van der Waals surface area contributed by atoms with Crippen molar-refractivity contribution < 1.29 is 17.3 Å². The van der Waals surface area contributed by atoms with Gasteiger partial charge in [-0.1, -0.05) is 44.5 Å². The first-order valence-electron chi connectivity index (χ1n) is 8.02. The Kier molecular flexibility index (Phi) is 5.83. The Morgan fingerprint density at radius 3 is 2.54 bits per heavy atom. The van der Waals surface area contributed by atoms with E-state index in [0.29, 0.717) is 18.9 Å². The zero-order valence-electron chi connectivity index (χ0n) is 14.7. The standard InChI is InChI=1S/C18H25NO4S/c1-14-8-10-15(11-9-14)24(20,21)23-12-6-5-7-17-19-16(13-22-17)18(2,3)4/h5,7-11,16H,6,12-13H2,1-4H3/b7-5+/t16-/m1/s1. The molecular formula is C18H25NO4S. The summed E-state index contributed by atoms with van der Waals surface area (Å²) < 4.78 is 34.6. The van der Waals surface area contributed by atoms with Crippen LogP contribution in [0.4, 0.5) is 0 Å². The Hall–Kier alpha value is -1.66. The molecule has 1 aromatic carbocycles. The molecule has 1 aliphatic rings. The molecule has 0 radical (unpaired) electrons. The Bertz CT molecular complexity index is 712. The molecule has 1 aromatic rings. The lowest BCUT2D eigenvalue weighted by molar-refractivity contribution is 0.236. The topological polar surface area (TPSA) is 65.0 Å². The van der Waals surface area contributed by atoms with Crippen molar-refractivity contribution in [2.24, 2.45) is 10.4 Å². The van der Waals surface area contributed by atoms with Gasteiger partial charge in [0.15, 0.2) is 0 Å². The lowest BCUT2D eigenvalue weighted by atomic mass is 9.88. The number of rotatable bonds is 6. The summed E-state index contributed by atoms with van der Waals surface area (Å²) in [6.07, 6.45) is 4.05. The van der Waals surface area contributed by atoms with E-state index in [1.54, 1.807) is 30.3 Å². The molecule has 1 heterocycles. The van der Waals surface area contributed by atoms with Gasteiger partial charge in [-0.3, -0.25) is 4.18 Å². The van der Waals surface area contributed by atoms with Crippen LogP contribution in [0.1, 0.15) is 32.8 Å². The third-order valence-corrected chi connectivity index (χ3v) is 5.09. The molecule has 0 saturated heterocycles. The van der Waals surface area contributed by atoms with Gasteiger partial charge in [0.1, 0.15) is 6.61 Å². The van der Waals surface area contributed by atoms with E-state index < -0.39 is 10.1 Å². The van der Waals surface area contributed by atoms with Gasteiger partial charge in [0.2, 0.25) is 5.90 Å². The molecule has 1 atom stereocenters. The van der Waals surface area contributed by atoms with Gasteiger partial charge in [-0.05, 0) is 37.0 Å². The molecule has 0 fully saturated rings. The van der Waals surface area contributed by atoms with Crippen molar-refractivity contribution in [1.82, 2.24) is 0 Å². The van der Waals surface area contributed by atoms with Crippen LogP contribution in [0.3, 0.4) is 0 Å². The van der Waals surface area contributed by atoms with Crippen molar-refractivity contribution in [3.63, 3.8) is 0 Å². The average molecular weight is 351 g/mol. The van der Waals surface area contributed by atoms with Gasteiger partial charge in [-0.2, -0.15) is 8.42 Å². The van der Waals surface area contributed by atoms with Crippen molar-refractivity contribution in [2.75, 3.05) is 13.2 Å². The fourth-order valence-corrected chi connectivity index (χ4v) is 3.03. The molecule has 0 spiro atoms. The van der Waals surface area contributed by atoms with E-state index in [2.05, 4.69) is 25.8 Å². The van der Waals surface area contributed by atoms with Crippen LogP contribution >= 0.6 is 0 Å². The molecule has 0 aromatic heterocycles. The fraction of sp³-hybridized carbons (Fsp3) is 0.500. The molecule has 0 aliphatic carbocycles. The van der Waals surface area contributed by atoms with E-state index in [1.807, 2.05) is 13.0 Å². The summed E-state index contributed by atoms with van der Waals surface area (Å²) in [5, 5.41) is 0. The maximum Gasteiger partial charge on any atom is 0.296 e. The highest BCUT2D eigenvalue weighted by Gasteiger charge is 2.29. The van der Waals surface area contributed by atoms with Gasteiger partial charge in [0, 0.05) is 0 Å². The highest BCUT2D eigenvalue weighted by atomic mass is 32.2. The number of benzene rings is 1. The average Bonchev–Trinajstić information content (AvgIpc) is 2.96. The number of ether oxygens (including phenoxy) is 1. The van der Waals surface area contributed by atoms with Crippen molar-refractivity contribution in [2.45, 2.75) is 45.1 Å². The highest BCUT2D eigenvalue weighted by Crippen LogP contribution is 2.26. The predicted molar refractivity (Wildman–Crippen MR) is 94.7 cm³/mol. The molecule has 24 heavy (non-hydrogen) atoms. The van der Waals surface area contributed by atoms with Gasteiger partial charge in [0.25, 0.3) is 10.1 Å². The van der Waals surface area contributed by atoms with Crippen molar-refractivity contribution in [1.29, 1.82) is 0 Å². The predicted octanol–water partition coefficient (Wildman–Crippen LogP) is 3.49. The normalized spacial score (nSPS) is 18.7.